The van der Waals surface area contributed by atoms with Gasteiger partial charge in [0.15, 0.2) is 0 Å². The molecular formula is C33H45FN6O6. The number of amides is 3. The van der Waals surface area contributed by atoms with E-state index >= 15 is 0 Å². The van der Waals surface area contributed by atoms with Gasteiger partial charge in [0.25, 0.3) is 0 Å². The van der Waals surface area contributed by atoms with Gasteiger partial charge in [0, 0.05) is 62.2 Å². The molecule has 12 nitrogen and oxygen atoms in total. The molecule has 13 heteroatoms. The molecule has 0 radical (unpaired) electrons. The second-order valence-corrected chi connectivity index (χ2v) is 12.7. The van der Waals surface area contributed by atoms with Crippen molar-refractivity contribution in [1.29, 1.82) is 0 Å². The average molecular weight is 641 g/mol. The molecule has 0 aliphatic carbocycles. The molecule has 0 saturated carbocycles. The number of hydrogen-bond donors (Lipinski definition) is 2. The van der Waals surface area contributed by atoms with E-state index in [-0.39, 0.29) is 73.3 Å². The summed E-state index contributed by atoms with van der Waals surface area (Å²) in [6.45, 7) is 12.6. The highest BCUT2D eigenvalue weighted by Gasteiger charge is 2.40. The van der Waals surface area contributed by atoms with E-state index in [4.69, 9.17) is 9.47 Å². The van der Waals surface area contributed by atoms with Gasteiger partial charge in [0.05, 0.1) is 25.8 Å². The number of aromatic nitrogens is 1. The molecule has 4 heterocycles. The van der Waals surface area contributed by atoms with Gasteiger partial charge in [-0.3, -0.25) is 19.4 Å². The lowest BCUT2D eigenvalue weighted by atomic mass is 10.0. The first-order chi connectivity index (χ1) is 21.9. The predicted octanol–water partition coefficient (Wildman–Crippen LogP) is 3.44. The summed E-state index contributed by atoms with van der Waals surface area (Å²) in [6.07, 6.45) is -0.357. The minimum Gasteiger partial charge on any atom is -0.474 e. The zero-order chi connectivity index (χ0) is 33.1. The normalized spacial score (nSPS) is 25.5. The van der Waals surface area contributed by atoms with Crippen molar-refractivity contribution in [3.8, 4) is 5.88 Å². The number of pyridine rings is 1. The largest absolute Gasteiger partial charge is 0.474 e. The Balaban J connectivity index is 1.44. The Morgan fingerprint density at radius 3 is 2.35 bits per heavy atom. The Labute approximate surface area is 269 Å². The molecule has 3 aliphatic rings. The summed E-state index contributed by atoms with van der Waals surface area (Å²) < 4.78 is 25.3. The van der Waals surface area contributed by atoms with Crippen LogP contribution in [0.15, 0.2) is 30.3 Å². The Bertz CT molecular complexity index is 1420. The zero-order valence-electron chi connectivity index (χ0n) is 27.2. The first-order valence-electron chi connectivity index (χ1n) is 16.0. The molecule has 0 spiro atoms. The van der Waals surface area contributed by atoms with Crippen molar-refractivity contribution in [3.05, 3.63) is 47.3 Å². The molecule has 46 heavy (non-hydrogen) atoms. The van der Waals surface area contributed by atoms with Crippen molar-refractivity contribution in [3.63, 3.8) is 0 Å². The summed E-state index contributed by atoms with van der Waals surface area (Å²) in [4.78, 5) is 51.0. The highest BCUT2D eigenvalue weighted by molar-refractivity contribution is 5.98. The fraction of sp³-hybridized carbons (Fsp3) is 0.576. The molecule has 2 saturated heterocycles. The second kappa shape index (κ2) is 14.3. The lowest BCUT2D eigenvalue weighted by Crippen LogP contribution is -2.65. The van der Waals surface area contributed by atoms with Gasteiger partial charge in [-0.25, -0.2) is 9.18 Å². The van der Waals surface area contributed by atoms with Crippen molar-refractivity contribution >= 4 is 29.4 Å². The summed E-state index contributed by atoms with van der Waals surface area (Å²) in [6, 6.07) is 7.48. The van der Waals surface area contributed by atoms with Crippen LogP contribution in [0.5, 0.6) is 5.88 Å². The lowest BCUT2D eigenvalue weighted by molar-refractivity contribution is -0.123. The third-order valence-electron chi connectivity index (χ3n) is 9.18. The van der Waals surface area contributed by atoms with E-state index in [9.17, 15) is 23.9 Å². The van der Waals surface area contributed by atoms with Gasteiger partial charge in [0.1, 0.15) is 23.9 Å². The lowest BCUT2D eigenvalue weighted by Gasteiger charge is -2.48. The van der Waals surface area contributed by atoms with Crippen molar-refractivity contribution < 1.29 is 33.4 Å². The van der Waals surface area contributed by atoms with E-state index in [2.05, 4.69) is 33.9 Å². The summed E-state index contributed by atoms with van der Waals surface area (Å²) in [5, 5.41) is 12.8. The van der Waals surface area contributed by atoms with E-state index in [0.717, 1.165) is 5.56 Å². The van der Waals surface area contributed by atoms with Crippen LogP contribution in [0.4, 0.5) is 20.7 Å². The van der Waals surface area contributed by atoms with Crippen molar-refractivity contribution in [2.75, 3.05) is 56.2 Å². The molecule has 2 N–H and O–H groups in total. The van der Waals surface area contributed by atoms with Gasteiger partial charge in [-0.15, -0.1) is 0 Å². The fourth-order valence-electron chi connectivity index (χ4n) is 6.61. The summed E-state index contributed by atoms with van der Waals surface area (Å²) >= 11 is 0. The number of carboxylic acid groups (broad SMARTS) is 1. The predicted molar refractivity (Wildman–Crippen MR) is 171 cm³/mol. The van der Waals surface area contributed by atoms with Gasteiger partial charge in [-0.2, -0.15) is 4.98 Å². The maximum Gasteiger partial charge on any atom is 0.407 e. The number of ether oxygens (including phenoxy) is 2. The Kier molecular flexibility index (Phi) is 10.4. The topological polar surface area (TPSA) is 128 Å². The van der Waals surface area contributed by atoms with E-state index < -0.39 is 6.09 Å². The second-order valence-electron chi connectivity index (χ2n) is 12.7. The number of hydrogen-bond acceptors (Lipinski definition) is 8. The quantitative estimate of drug-likeness (QED) is 0.446. The number of nitrogens with zero attached hydrogens (tertiary/aromatic N) is 5. The number of anilines is 2. The molecular weight excluding hydrogens is 595 g/mol. The molecule has 3 amide bonds. The molecule has 0 bridgehead atoms. The average Bonchev–Trinajstić information content (AvgIpc) is 3.01. The molecule has 1 aromatic carbocycles. The van der Waals surface area contributed by atoms with Crippen LogP contribution >= 0.6 is 0 Å². The Hall–Kier alpha value is -3.81. The molecule has 1 aromatic heterocycles. The number of carbonyl (C=O) groups is 3. The van der Waals surface area contributed by atoms with E-state index in [0.29, 0.717) is 56.3 Å². The summed E-state index contributed by atoms with van der Waals surface area (Å²) in [7, 11) is 0. The number of nitrogens with one attached hydrogen (secondary N) is 1. The highest BCUT2D eigenvalue weighted by Crippen LogP contribution is 2.37. The molecule has 3 aliphatic heterocycles. The zero-order valence-corrected chi connectivity index (χ0v) is 27.2. The first-order valence-corrected chi connectivity index (χ1v) is 16.0. The number of morpholine rings is 1. The standard InChI is InChI=1S/C33H45FN6O6/c1-6-29(41)35-31-25(11-24-7-9-26(34)10-8-24)12-28-32(36-31)46-19-23(5)40(28)30(42)16-37-13-20(2)39(33(43)44)15-27(37)14-38-21(3)17-45-18-22(38)4/h7-10,12,20-23,27H,6,11,13-19H2,1-5H3,(H,43,44)(H,35,36,41)/t20-,21-,22-,23+,27+/m1/s1. The van der Waals surface area contributed by atoms with Gasteiger partial charge < -0.3 is 29.7 Å². The number of halogens is 1. The third-order valence-corrected chi connectivity index (χ3v) is 9.18. The van der Waals surface area contributed by atoms with Crippen LogP contribution in [-0.4, -0.2) is 119 Å². The number of benzene rings is 1. The van der Waals surface area contributed by atoms with E-state index in [1.54, 1.807) is 24.0 Å². The minimum absolute atomic E-state index is 0.0843. The SMILES string of the molecule is CCC(=O)Nc1nc2c(cc1Cc1ccc(F)cc1)N(C(=O)CN1C[C@@H](C)N(C(=O)O)C[C@@H]1CN1[C@H](C)COC[C@H]1C)[C@@H](C)CO2. The summed E-state index contributed by atoms with van der Waals surface area (Å²) in [5.74, 6) is -0.128. The number of carbonyl (C=O) groups excluding carboxylic acids is 2. The van der Waals surface area contributed by atoms with Crippen LogP contribution in [0.3, 0.4) is 0 Å². The van der Waals surface area contributed by atoms with Crippen LogP contribution < -0.4 is 15.0 Å². The molecule has 250 valence electrons. The van der Waals surface area contributed by atoms with Gasteiger partial charge in [0.2, 0.25) is 17.7 Å². The van der Waals surface area contributed by atoms with Gasteiger partial charge in [-0.1, -0.05) is 19.1 Å². The maximum atomic E-state index is 14.3. The van der Waals surface area contributed by atoms with Crippen molar-refractivity contribution in [1.82, 2.24) is 19.7 Å². The number of piperazine rings is 1. The van der Waals surface area contributed by atoms with Gasteiger partial charge in [-0.05, 0) is 51.5 Å². The van der Waals surface area contributed by atoms with Crippen molar-refractivity contribution in [2.24, 2.45) is 0 Å². The number of fused-ring (bicyclic) bond motifs is 1. The Morgan fingerprint density at radius 1 is 1.00 bits per heavy atom. The molecule has 2 fully saturated rings. The summed E-state index contributed by atoms with van der Waals surface area (Å²) in [5.41, 5.74) is 1.98. The number of rotatable bonds is 8. The fourth-order valence-corrected chi connectivity index (χ4v) is 6.61. The van der Waals surface area contributed by atoms with Crippen LogP contribution in [0.2, 0.25) is 0 Å². The Morgan fingerprint density at radius 2 is 1.70 bits per heavy atom. The van der Waals surface area contributed by atoms with Crippen LogP contribution in [0.25, 0.3) is 0 Å². The van der Waals surface area contributed by atoms with E-state index in [1.807, 2.05) is 19.9 Å². The monoisotopic (exact) mass is 640 g/mol. The van der Waals surface area contributed by atoms with E-state index in [1.165, 1.54) is 17.0 Å². The van der Waals surface area contributed by atoms with Crippen LogP contribution in [-0.2, 0) is 20.7 Å². The first kappa shape index (κ1) is 33.6. The van der Waals surface area contributed by atoms with Gasteiger partial charge >= 0.3 is 6.09 Å². The molecule has 5 atom stereocenters. The molecule has 2 aromatic rings. The van der Waals surface area contributed by atoms with Crippen LogP contribution in [0.1, 0.15) is 52.2 Å². The highest BCUT2D eigenvalue weighted by atomic mass is 19.1. The van der Waals surface area contributed by atoms with Crippen molar-refractivity contribution in [2.45, 2.75) is 77.7 Å². The smallest absolute Gasteiger partial charge is 0.407 e. The third kappa shape index (κ3) is 7.42. The molecule has 0 unspecified atom stereocenters. The molecule has 5 rings (SSSR count). The maximum absolute atomic E-state index is 14.3. The minimum atomic E-state index is -0.965. The van der Waals surface area contributed by atoms with Crippen LogP contribution in [0, 0.1) is 5.82 Å².